The van der Waals surface area contributed by atoms with Crippen LogP contribution < -0.4 is 15.5 Å². The Morgan fingerprint density at radius 3 is 2.52 bits per heavy atom. The topological polar surface area (TPSA) is 77.5 Å². The van der Waals surface area contributed by atoms with E-state index in [-0.39, 0.29) is 23.3 Å². The van der Waals surface area contributed by atoms with E-state index in [4.69, 9.17) is 16.6 Å². The monoisotopic (exact) mass is 438 g/mol. The van der Waals surface area contributed by atoms with Crippen LogP contribution in [-0.4, -0.2) is 42.2 Å². The average molecular weight is 439 g/mol. The molecule has 0 radical (unpaired) electrons. The van der Waals surface area contributed by atoms with Gasteiger partial charge < -0.3 is 20.6 Å². The summed E-state index contributed by atoms with van der Waals surface area (Å²) in [5.41, 5.74) is 2.32. The largest absolute Gasteiger partial charge is 0.507 e. The molecule has 1 aromatic heterocycles. The second-order valence-corrected chi connectivity index (χ2v) is 8.70. The van der Waals surface area contributed by atoms with Gasteiger partial charge in [0.2, 0.25) is 0 Å². The van der Waals surface area contributed by atoms with Gasteiger partial charge in [0.25, 0.3) is 5.91 Å². The van der Waals surface area contributed by atoms with Crippen molar-refractivity contribution >= 4 is 39.9 Å². The molecule has 2 aromatic carbocycles. The number of nitrogens with one attached hydrogen (secondary N) is 2. The van der Waals surface area contributed by atoms with Crippen molar-refractivity contribution in [2.24, 2.45) is 0 Å². The van der Waals surface area contributed by atoms with Gasteiger partial charge in [-0.2, -0.15) is 0 Å². The third-order valence-corrected chi connectivity index (χ3v) is 6.03. The van der Waals surface area contributed by atoms with Crippen LogP contribution in [0.1, 0.15) is 36.0 Å². The first-order chi connectivity index (χ1) is 14.9. The van der Waals surface area contributed by atoms with Gasteiger partial charge in [-0.3, -0.25) is 4.79 Å². The Morgan fingerprint density at radius 1 is 1.06 bits per heavy atom. The minimum Gasteiger partial charge on any atom is -0.507 e. The summed E-state index contributed by atoms with van der Waals surface area (Å²) < 4.78 is 0. The van der Waals surface area contributed by atoms with Gasteiger partial charge in [0.15, 0.2) is 0 Å². The molecule has 0 aliphatic heterocycles. The zero-order chi connectivity index (χ0) is 22.0. The van der Waals surface area contributed by atoms with Gasteiger partial charge in [0, 0.05) is 48.3 Å². The SMILES string of the molecule is CN(C)c1cc(N[C@H]2CC[C@@H](NC(=O)c3cc(Cl)ccc3O)CC2)nc2ccccc12. The molecule has 1 fully saturated rings. The van der Waals surface area contributed by atoms with Crippen molar-refractivity contribution in [2.45, 2.75) is 37.8 Å². The number of phenolic OH excluding ortho intramolecular Hbond substituents is 1. The van der Waals surface area contributed by atoms with Crippen molar-refractivity contribution in [2.75, 3.05) is 24.3 Å². The third kappa shape index (κ3) is 4.85. The van der Waals surface area contributed by atoms with Gasteiger partial charge in [0.1, 0.15) is 11.6 Å². The van der Waals surface area contributed by atoms with Crippen LogP contribution in [-0.2, 0) is 0 Å². The quantitative estimate of drug-likeness (QED) is 0.532. The smallest absolute Gasteiger partial charge is 0.255 e. The molecule has 1 heterocycles. The van der Waals surface area contributed by atoms with Crippen molar-refractivity contribution < 1.29 is 9.90 Å². The molecule has 0 bridgehead atoms. The number of phenols is 1. The number of carbonyl (C=O) groups is 1. The summed E-state index contributed by atoms with van der Waals surface area (Å²) in [5.74, 6) is 0.526. The molecule has 1 aliphatic rings. The van der Waals surface area contributed by atoms with Crippen LogP contribution >= 0.6 is 11.6 Å². The molecule has 162 valence electrons. The molecule has 3 aromatic rings. The Morgan fingerprint density at radius 2 is 1.77 bits per heavy atom. The highest BCUT2D eigenvalue weighted by atomic mass is 35.5. The number of benzene rings is 2. The van der Waals surface area contributed by atoms with Crippen molar-refractivity contribution in [3.05, 3.63) is 59.1 Å². The molecule has 4 rings (SSSR count). The maximum atomic E-state index is 12.5. The molecule has 0 saturated heterocycles. The first kappa shape index (κ1) is 21.2. The van der Waals surface area contributed by atoms with E-state index < -0.39 is 0 Å². The Hall–Kier alpha value is -2.99. The van der Waals surface area contributed by atoms with E-state index in [1.54, 1.807) is 6.07 Å². The molecule has 0 spiro atoms. The van der Waals surface area contributed by atoms with Crippen LogP contribution in [0.4, 0.5) is 11.5 Å². The van der Waals surface area contributed by atoms with Crippen molar-refractivity contribution in [3.8, 4) is 5.75 Å². The molecular formula is C24H27ClN4O2. The lowest BCUT2D eigenvalue weighted by Crippen LogP contribution is -2.40. The van der Waals surface area contributed by atoms with Crippen LogP contribution in [0.15, 0.2) is 48.5 Å². The standard InChI is InChI=1S/C24H27ClN4O2/c1-29(2)21-14-23(28-20-6-4-3-5-18(20)21)26-16-8-10-17(11-9-16)27-24(31)19-13-15(25)7-12-22(19)30/h3-7,12-14,16-17,30H,8-11H2,1-2H3,(H,26,28)(H,27,31)/t16-,17+. The summed E-state index contributed by atoms with van der Waals surface area (Å²) in [5, 5.41) is 18.1. The zero-order valence-corrected chi connectivity index (χ0v) is 18.5. The Bertz CT molecular complexity index is 1090. The molecule has 0 atom stereocenters. The third-order valence-electron chi connectivity index (χ3n) is 5.79. The number of carbonyl (C=O) groups excluding carboxylic acids is 1. The van der Waals surface area contributed by atoms with E-state index in [0.29, 0.717) is 11.1 Å². The summed E-state index contributed by atoms with van der Waals surface area (Å²) in [6, 6.07) is 15.1. The molecule has 1 saturated carbocycles. The van der Waals surface area contributed by atoms with Crippen LogP contribution in [0.5, 0.6) is 5.75 Å². The molecule has 7 heteroatoms. The van der Waals surface area contributed by atoms with E-state index in [1.165, 1.54) is 12.1 Å². The van der Waals surface area contributed by atoms with E-state index in [0.717, 1.165) is 48.1 Å². The highest BCUT2D eigenvalue weighted by Crippen LogP contribution is 2.29. The number of anilines is 2. The maximum Gasteiger partial charge on any atom is 0.255 e. The second-order valence-electron chi connectivity index (χ2n) is 8.27. The van der Waals surface area contributed by atoms with Crippen LogP contribution in [0.2, 0.25) is 5.02 Å². The second kappa shape index (κ2) is 9.02. The number of aromatic hydroxyl groups is 1. The highest BCUT2D eigenvalue weighted by Gasteiger charge is 2.24. The summed E-state index contributed by atoms with van der Waals surface area (Å²) in [7, 11) is 4.08. The fourth-order valence-electron chi connectivity index (χ4n) is 4.15. The minimum atomic E-state index is -0.289. The molecule has 0 unspecified atom stereocenters. The first-order valence-corrected chi connectivity index (χ1v) is 10.9. The normalized spacial score (nSPS) is 18.5. The Kier molecular flexibility index (Phi) is 6.18. The summed E-state index contributed by atoms with van der Waals surface area (Å²) in [6.45, 7) is 0. The van der Waals surface area contributed by atoms with Gasteiger partial charge >= 0.3 is 0 Å². The number of pyridine rings is 1. The number of halogens is 1. The number of amides is 1. The zero-order valence-electron chi connectivity index (χ0n) is 17.7. The van der Waals surface area contributed by atoms with Gasteiger partial charge in [-0.1, -0.05) is 29.8 Å². The average Bonchev–Trinajstić information content (AvgIpc) is 2.76. The lowest BCUT2D eigenvalue weighted by molar-refractivity contribution is 0.0924. The molecular weight excluding hydrogens is 412 g/mol. The predicted molar refractivity (Wildman–Crippen MR) is 126 cm³/mol. The molecule has 6 nitrogen and oxygen atoms in total. The van der Waals surface area contributed by atoms with E-state index in [1.807, 2.05) is 32.3 Å². The summed E-state index contributed by atoms with van der Waals surface area (Å²) >= 11 is 5.96. The molecule has 31 heavy (non-hydrogen) atoms. The number of hydrogen-bond donors (Lipinski definition) is 3. The van der Waals surface area contributed by atoms with Crippen molar-refractivity contribution in [1.82, 2.24) is 10.3 Å². The Balaban J connectivity index is 1.38. The Labute approximate surface area is 187 Å². The molecule has 3 N–H and O–H groups in total. The van der Waals surface area contributed by atoms with Crippen LogP contribution in [0, 0.1) is 0 Å². The number of fused-ring (bicyclic) bond motifs is 1. The first-order valence-electron chi connectivity index (χ1n) is 10.5. The van der Waals surface area contributed by atoms with Crippen LogP contribution in [0.3, 0.4) is 0 Å². The summed E-state index contributed by atoms with van der Waals surface area (Å²) in [4.78, 5) is 19.4. The fourth-order valence-corrected chi connectivity index (χ4v) is 4.32. The van der Waals surface area contributed by atoms with E-state index in [2.05, 4.69) is 27.7 Å². The molecule has 1 amide bonds. The van der Waals surface area contributed by atoms with Crippen molar-refractivity contribution in [1.29, 1.82) is 0 Å². The number of nitrogens with zero attached hydrogens (tertiary/aromatic N) is 2. The van der Waals surface area contributed by atoms with Crippen molar-refractivity contribution in [3.63, 3.8) is 0 Å². The van der Waals surface area contributed by atoms with E-state index in [9.17, 15) is 9.90 Å². The highest BCUT2D eigenvalue weighted by molar-refractivity contribution is 6.31. The van der Waals surface area contributed by atoms with Gasteiger partial charge in [-0.25, -0.2) is 4.98 Å². The van der Waals surface area contributed by atoms with Crippen LogP contribution in [0.25, 0.3) is 10.9 Å². The predicted octanol–water partition coefficient (Wildman–Crippen LogP) is 4.81. The minimum absolute atomic E-state index is 0.0590. The summed E-state index contributed by atoms with van der Waals surface area (Å²) in [6.07, 6.45) is 3.58. The van der Waals surface area contributed by atoms with E-state index >= 15 is 0 Å². The maximum absolute atomic E-state index is 12.5. The lowest BCUT2D eigenvalue weighted by Gasteiger charge is -2.30. The number of hydrogen-bond acceptors (Lipinski definition) is 5. The number of aromatic nitrogens is 1. The number of para-hydroxylation sites is 1. The fraction of sp³-hybridized carbons (Fsp3) is 0.333. The lowest BCUT2D eigenvalue weighted by atomic mass is 9.91. The van der Waals surface area contributed by atoms with Gasteiger partial charge in [0.05, 0.1) is 11.1 Å². The van der Waals surface area contributed by atoms with Gasteiger partial charge in [-0.05, 0) is 49.9 Å². The number of rotatable bonds is 5. The molecule has 1 aliphatic carbocycles. The van der Waals surface area contributed by atoms with Gasteiger partial charge in [-0.15, -0.1) is 0 Å².